The molecule has 2 aromatic rings. The molecule has 1 unspecified atom stereocenters. The maximum atomic E-state index is 13.2. The van der Waals surface area contributed by atoms with Crippen molar-refractivity contribution in [1.82, 2.24) is 0 Å². The Morgan fingerprint density at radius 2 is 1.47 bits per heavy atom. The number of esters is 2. The summed E-state index contributed by atoms with van der Waals surface area (Å²) in [6.07, 6.45) is 2.65. The quantitative estimate of drug-likeness (QED) is 0.250. The summed E-state index contributed by atoms with van der Waals surface area (Å²) in [6, 6.07) is 11.7. The number of carbonyl (C=O) groups excluding carboxylic acids is 2. The molecule has 4 nitrogen and oxygen atoms in total. The molecule has 0 saturated heterocycles. The molecule has 0 aliphatic carbocycles. The van der Waals surface area contributed by atoms with Gasteiger partial charge in [0.2, 0.25) is 0 Å². The summed E-state index contributed by atoms with van der Waals surface area (Å²) in [4.78, 5) is 26.3. The molecular weight excluding hydrogens is 424 g/mol. The van der Waals surface area contributed by atoms with E-state index >= 15 is 0 Å². The minimum atomic E-state index is -0.495. The molecule has 0 radical (unpaired) electrons. The molecule has 0 heterocycles. The van der Waals surface area contributed by atoms with Gasteiger partial charge in [0.15, 0.2) is 0 Å². The number of hydrogen-bond acceptors (Lipinski definition) is 4. The van der Waals surface area contributed by atoms with Gasteiger partial charge in [0.05, 0.1) is 18.1 Å². The summed E-state index contributed by atoms with van der Waals surface area (Å²) in [6.45, 7) is 16.9. The zero-order valence-corrected chi connectivity index (χ0v) is 22.2. The predicted molar refractivity (Wildman–Crippen MR) is 139 cm³/mol. The van der Waals surface area contributed by atoms with E-state index in [0.29, 0.717) is 24.3 Å². The van der Waals surface area contributed by atoms with Gasteiger partial charge < -0.3 is 9.47 Å². The van der Waals surface area contributed by atoms with Crippen molar-refractivity contribution in [1.29, 1.82) is 0 Å². The van der Waals surface area contributed by atoms with E-state index in [4.69, 9.17) is 9.47 Å². The van der Waals surface area contributed by atoms with Crippen LogP contribution in [-0.4, -0.2) is 18.5 Å². The summed E-state index contributed by atoms with van der Waals surface area (Å²) in [5.74, 6) is -0.00680. The molecular formula is C30H42O4. The number of hydrogen-bond donors (Lipinski definition) is 0. The lowest BCUT2D eigenvalue weighted by atomic mass is 9.84. The van der Waals surface area contributed by atoms with Gasteiger partial charge in [-0.1, -0.05) is 79.2 Å². The number of ether oxygens (including phenoxy) is 2. The van der Waals surface area contributed by atoms with Crippen molar-refractivity contribution in [3.8, 4) is 5.75 Å². The van der Waals surface area contributed by atoms with Crippen molar-refractivity contribution >= 4 is 11.9 Å². The second kappa shape index (κ2) is 12.7. The lowest BCUT2D eigenvalue weighted by Gasteiger charge is -2.25. The Bertz CT molecular complexity index is 955. The van der Waals surface area contributed by atoms with Crippen LogP contribution in [0.5, 0.6) is 5.75 Å². The van der Waals surface area contributed by atoms with Crippen LogP contribution < -0.4 is 4.74 Å². The van der Waals surface area contributed by atoms with Crippen LogP contribution in [0, 0.1) is 5.92 Å². The predicted octanol–water partition coefficient (Wildman–Crippen LogP) is 7.80. The van der Waals surface area contributed by atoms with Gasteiger partial charge >= 0.3 is 11.9 Å². The van der Waals surface area contributed by atoms with Gasteiger partial charge in [0.1, 0.15) is 5.75 Å². The van der Waals surface area contributed by atoms with E-state index in [1.807, 2.05) is 37.3 Å². The number of aryl methyl sites for hydroxylation is 1. The fraction of sp³-hybridized carbons (Fsp3) is 0.533. The fourth-order valence-electron chi connectivity index (χ4n) is 4.15. The molecule has 2 rings (SSSR count). The Balaban J connectivity index is 2.62. The first-order valence-electron chi connectivity index (χ1n) is 12.7. The van der Waals surface area contributed by atoms with Crippen molar-refractivity contribution < 1.29 is 19.1 Å². The third-order valence-corrected chi connectivity index (χ3v) is 6.03. The van der Waals surface area contributed by atoms with Crippen LogP contribution in [0.1, 0.15) is 119 Å². The van der Waals surface area contributed by atoms with Crippen LogP contribution in [0.4, 0.5) is 0 Å². The Morgan fingerprint density at radius 1 is 0.853 bits per heavy atom. The summed E-state index contributed by atoms with van der Waals surface area (Å²) in [5, 5.41) is 0. The van der Waals surface area contributed by atoms with E-state index in [2.05, 4.69) is 54.5 Å². The van der Waals surface area contributed by atoms with Crippen molar-refractivity contribution in [2.75, 3.05) is 6.61 Å². The van der Waals surface area contributed by atoms with E-state index in [1.165, 1.54) is 5.56 Å². The molecule has 0 saturated carbocycles. The summed E-state index contributed by atoms with van der Waals surface area (Å²) in [7, 11) is 0. The fourth-order valence-corrected chi connectivity index (χ4v) is 4.15. The summed E-state index contributed by atoms with van der Waals surface area (Å²) in [5.41, 5.74) is 4.52. The first-order chi connectivity index (χ1) is 16.1. The SMILES string of the molecule is CCCc1ccc(C(=O)Oc2c(C(C)C)cc(C(C)C)cc2C(CC(C)C)C(=O)OCC)cc1. The molecule has 0 aromatic heterocycles. The summed E-state index contributed by atoms with van der Waals surface area (Å²) >= 11 is 0. The first kappa shape index (κ1) is 27.6. The molecule has 34 heavy (non-hydrogen) atoms. The van der Waals surface area contributed by atoms with Crippen molar-refractivity contribution in [2.45, 2.75) is 92.4 Å². The first-order valence-corrected chi connectivity index (χ1v) is 12.7. The van der Waals surface area contributed by atoms with Crippen molar-refractivity contribution in [3.05, 3.63) is 64.2 Å². The highest BCUT2D eigenvalue weighted by Gasteiger charge is 2.30. The lowest BCUT2D eigenvalue weighted by molar-refractivity contribution is -0.145. The van der Waals surface area contributed by atoms with E-state index in [0.717, 1.165) is 29.5 Å². The van der Waals surface area contributed by atoms with Gasteiger partial charge in [0.25, 0.3) is 0 Å². The number of carbonyl (C=O) groups is 2. The number of benzene rings is 2. The van der Waals surface area contributed by atoms with Crippen molar-refractivity contribution in [2.24, 2.45) is 5.92 Å². The third kappa shape index (κ3) is 7.19. The molecule has 0 spiro atoms. The van der Waals surface area contributed by atoms with Gasteiger partial charge in [-0.05, 0) is 66.3 Å². The van der Waals surface area contributed by atoms with E-state index in [9.17, 15) is 9.59 Å². The maximum Gasteiger partial charge on any atom is 0.343 e. The van der Waals surface area contributed by atoms with E-state index in [-0.39, 0.29) is 23.7 Å². The van der Waals surface area contributed by atoms with Gasteiger partial charge in [-0.3, -0.25) is 4.79 Å². The van der Waals surface area contributed by atoms with E-state index < -0.39 is 11.9 Å². The Labute approximate surface area is 206 Å². The van der Waals surface area contributed by atoms with E-state index in [1.54, 1.807) is 0 Å². The topological polar surface area (TPSA) is 52.6 Å². The van der Waals surface area contributed by atoms with Crippen LogP contribution in [0.3, 0.4) is 0 Å². The van der Waals surface area contributed by atoms with Crippen molar-refractivity contribution in [3.63, 3.8) is 0 Å². The average molecular weight is 467 g/mol. The summed E-state index contributed by atoms with van der Waals surface area (Å²) < 4.78 is 11.6. The smallest absolute Gasteiger partial charge is 0.343 e. The van der Waals surface area contributed by atoms with Gasteiger partial charge in [-0.2, -0.15) is 0 Å². The highest BCUT2D eigenvalue weighted by Crippen LogP contribution is 2.41. The highest BCUT2D eigenvalue weighted by molar-refractivity contribution is 5.92. The molecule has 2 aromatic carbocycles. The monoisotopic (exact) mass is 466 g/mol. The molecule has 0 amide bonds. The van der Waals surface area contributed by atoms with Crippen LogP contribution >= 0.6 is 0 Å². The zero-order valence-electron chi connectivity index (χ0n) is 22.2. The zero-order chi connectivity index (χ0) is 25.4. The van der Waals surface area contributed by atoms with Crippen LogP contribution in [0.2, 0.25) is 0 Å². The minimum absolute atomic E-state index is 0.120. The molecule has 1 atom stereocenters. The minimum Gasteiger partial charge on any atom is -0.466 e. The molecule has 0 aliphatic heterocycles. The van der Waals surface area contributed by atoms with Crippen LogP contribution in [0.25, 0.3) is 0 Å². The number of rotatable bonds is 11. The maximum absolute atomic E-state index is 13.2. The highest BCUT2D eigenvalue weighted by atomic mass is 16.5. The average Bonchev–Trinajstić information content (AvgIpc) is 2.78. The third-order valence-electron chi connectivity index (χ3n) is 6.03. The van der Waals surface area contributed by atoms with Crippen LogP contribution in [-0.2, 0) is 16.0 Å². The molecule has 0 bridgehead atoms. The van der Waals surface area contributed by atoms with Gasteiger partial charge in [-0.15, -0.1) is 0 Å². The largest absolute Gasteiger partial charge is 0.466 e. The molecule has 4 heteroatoms. The molecule has 0 aliphatic rings. The Morgan fingerprint density at radius 3 is 1.97 bits per heavy atom. The molecule has 0 N–H and O–H groups in total. The lowest BCUT2D eigenvalue weighted by Crippen LogP contribution is -2.21. The standard InChI is InChI=1S/C30H42O4/c1-9-11-22-12-14-23(15-13-22)29(31)34-28-25(21(7)8)17-24(20(5)6)18-26(28)27(16-19(3)4)30(32)33-10-2/h12-15,17-21,27H,9-11,16H2,1-8H3. The second-order valence-corrected chi connectivity index (χ2v) is 10.1. The Hall–Kier alpha value is -2.62. The van der Waals surface area contributed by atoms with Crippen LogP contribution in [0.15, 0.2) is 36.4 Å². The normalized spacial score (nSPS) is 12.3. The van der Waals surface area contributed by atoms with Gasteiger partial charge in [-0.25, -0.2) is 4.79 Å². The molecule has 186 valence electrons. The Kier molecular flexibility index (Phi) is 10.3. The second-order valence-electron chi connectivity index (χ2n) is 10.1. The molecule has 0 fully saturated rings. The van der Waals surface area contributed by atoms with Gasteiger partial charge in [0, 0.05) is 5.56 Å².